The van der Waals surface area contributed by atoms with Crippen molar-refractivity contribution < 1.29 is 14.7 Å². The fourth-order valence-electron chi connectivity index (χ4n) is 4.13. The Morgan fingerprint density at radius 1 is 1.19 bits per heavy atom. The number of hydrogen-bond acceptors (Lipinski definition) is 3. The van der Waals surface area contributed by atoms with Crippen molar-refractivity contribution in [2.24, 2.45) is 11.8 Å². The molecular weight excluding hydrogens is 328 g/mol. The molecule has 2 N–H and O–H groups in total. The number of benzene rings is 1. The van der Waals surface area contributed by atoms with Crippen LogP contribution in [0.5, 0.6) is 5.75 Å². The van der Waals surface area contributed by atoms with Crippen molar-refractivity contribution in [3.05, 3.63) is 29.8 Å². The maximum absolute atomic E-state index is 12.4. The normalized spacial score (nSPS) is 26.1. The summed E-state index contributed by atoms with van der Waals surface area (Å²) in [5.41, 5.74) is 1.14. The van der Waals surface area contributed by atoms with Gasteiger partial charge in [-0.2, -0.15) is 0 Å². The van der Waals surface area contributed by atoms with Crippen molar-refractivity contribution in [3.8, 4) is 5.75 Å². The molecule has 1 unspecified atom stereocenters. The minimum absolute atomic E-state index is 0.00994. The lowest BCUT2D eigenvalue weighted by atomic mass is 9.87. The molecule has 0 aromatic heterocycles. The van der Waals surface area contributed by atoms with Crippen LogP contribution in [0.2, 0.25) is 0 Å². The molecule has 5 heteroatoms. The predicted molar refractivity (Wildman–Crippen MR) is 101 cm³/mol. The number of phenols is 1. The van der Waals surface area contributed by atoms with Crippen LogP contribution in [0.15, 0.2) is 24.3 Å². The number of hydrogen-bond donors (Lipinski definition) is 2. The molecule has 1 aliphatic carbocycles. The highest BCUT2D eigenvalue weighted by molar-refractivity contribution is 5.89. The molecule has 3 rings (SSSR count). The Balaban J connectivity index is 1.39. The van der Waals surface area contributed by atoms with Crippen LogP contribution >= 0.6 is 0 Å². The Bertz CT molecular complexity index is 621. The first kappa shape index (κ1) is 18.7. The highest BCUT2D eigenvalue weighted by atomic mass is 16.3. The minimum atomic E-state index is -0.199. The number of carbonyl (C=O) groups excluding carboxylic acids is 2. The van der Waals surface area contributed by atoms with Gasteiger partial charge in [0.2, 0.25) is 11.8 Å². The minimum Gasteiger partial charge on any atom is -0.508 e. The fourth-order valence-corrected chi connectivity index (χ4v) is 4.13. The van der Waals surface area contributed by atoms with Gasteiger partial charge in [0.15, 0.2) is 0 Å². The number of aromatic hydroxyl groups is 1. The summed E-state index contributed by atoms with van der Waals surface area (Å²) in [5.74, 6) is 0.988. The molecule has 142 valence electrons. The highest BCUT2D eigenvalue weighted by Gasteiger charge is 2.38. The van der Waals surface area contributed by atoms with Gasteiger partial charge in [-0.15, -0.1) is 0 Å². The van der Waals surface area contributed by atoms with Gasteiger partial charge >= 0.3 is 0 Å². The summed E-state index contributed by atoms with van der Waals surface area (Å²) in [6.07, 6.45) is 6.58. The average Bonchev–Trinajstić information content (AvgIpc) is 3.02. The van der Waals surface area contributed by atoms with E-state index in [9.17, 15) is 14.7 Å². The summed E-state index contributed by atoms with van der Waals surface area (Å²) in [5, 5.41) is 12.3. The number of rotatable bonds is 6. The van der Waals surface area contributed by atoms with Gasteiger partial charge in [-0.3, -0.25) is 9.59 Å². The quantitative estimate of drug-likeness (QED) is 0.768. The topological polar surface area (TPSA) is 69.6 Å². The van der Waals surface area contributed by atoms with Crippen LogP contribution in [0, 0.1) is 11.8 Å². The first-order valence-electron chi connectivity index (χ1n) is 9.88. The monoisotopic (exact) mass is 358 g/mol. The van der Waals surface area contributed by atoms with E-state index in [1.165, 1.54) is 12.8 Å². The lowest BCUT2D eigenvalue weighted by molar-refractivity contribution is -0.130. The zero-order valence-corrected chi connectivity index (χ0v) is 15.6. The number of likely N-dealkylation sites (tertiary alicyclic amines) is 1. The van der Waals surface area contributed by atoms with Crippen molar-refractivity contribution in [2.45, 2.75) is 57.9 Å². The SMILES string of the molecule is CC1CCC(N2CC(C(=O)NCCCc3ccc(O)cc3)CC2=O)CC1. The first-order chi connectivity index (χ1) is 12.5. The van der Waals surface area contributed by atoms with Gasteiger partial charge in [0.25, 0.3) is 0 Å². The van der Waals surface area contributed by atoms with E-state index in [4.69, 9.17) is 0 Å². The molecule has 2 fully saturated rings. The van der Waals surface area contributed by atoms with Gasteiger partial charge in [-0.1, -0.05) is 19.1 Å². The van der Waals surface area contributed by atoms with Gasteiger partial charge in [0.1, 0.15) is 5.75 Å². The second-order valence-corrected chi connectivity index (χ2v) is 7.92. The van der Waals surface area contributed by atoms with Crippen LogP contribution in [-0.4, -0.2) is 41.0 Å². The third-order valence-electron chi connectivity index (χ3n) is 5.83. The molecule has 0 bridgehead atoms. The maximum atomic E-state index is 12.4. The van der Waals surface area contributed by atoms with E-state index in [1.54, 1.807) is 12.1 Å². The molecule has 26 heavy (non-hydrogen) atoms. The zero-order chi connectivity index (χ0) is 18.5. The molecule has 1 atom stereocenters. The molecule has 2 aliphatic rings. The molecule has 1 aliphatic heterocycles. The largest absolute Gasteiger partial charge is 0.508 e. The summed E-state index contributed by atoms with van der Waals surface area (Å²) >= 11 is 0. The zero-order valence-electron chi connectivity index (χ0n) is 15.6. The number of phenolic OH excluding ortho intramolecular Hbond substituents is 1. The van der Waals surface area contributed by atoms with Crippen LogP contribution in [-0.2, 0) is 16.0 Å². The smallest absolute Gasteiger partial charge is 0.225 e. The average molecular weight is 358 g/mol. The molecule has 0 radical (unpaired) electrons. The molecule has 2 amide bonds. The summed E-state index contributed by atoms with van der Waals surface area (Å²) in [6.45, 7) is 3.48. The van der Waals surface area contributed by atoms with E-state index in [1.807, 2.05) is 17.0 Å². The van der Waals surface area contributed by atoms with E-state index in [0.717, 1.165) is 37.2 Å². The summed E-state index contributed by atoms with van der Waals surface area (Å²) in [4.78, 5) is 26.7. The molecule has 1 heterocycles. The summed E-state index contributed by atoms with van der Waals surface area (Å²) < 4.78 is 0. The summed E-state index contributed by atoms with van der Waals surface area (Å²) in [7, 11) is 0. The molecule has 1 aromatic rings. The number of aryl methyl sites for hydroxylation is 1. The van der Waals surface area contributed by atoms with Crippen LogP contribution < -0.4 is 5.32 Å². The Morgan fingerprint density at radius 2 is 1.88 bits per heavy atom. The van der Waals surface area contributed by atoms with Gasteiger partial charge in [-0.25, -0.2) is 0 Å². The van der Waals surface area contributed by atoms with Gasteiger partial charge in [-0.05, 0) is 62.1 Å². The van der Waals surface area contributed by atoms with E-state index in [0.29, 0.717) is 25.6 Å². The second kappa shape index (κ2) is 8.56. The molecule has 1 aromatic carbocycles. The highest BCUT2D eigenvalue weighted by Crippen LogP contribution is 2.31. The maximum Gasteiger partial charge on any atom is 0.225 e. The number of nitrogens with zero attached hydrogens (tertiary/aromatic N) is 1. The van der Waals surface area contributed by atoms with E-state index in [2.05, 4.69) is 12.2 Å². The standard InChI is InChI=1S/C21H30N2O3/c1-15-4-8-18(9-5-15)23-14-17(13-20(23)25)21(26)22-12-2-3-16-6-10-19(24)11-7-16/h6-7,10-11,15,17-18,24H,2-5,8-9,12-14H2,1H3,(H,22,26). The van der Waals surface area contributed by atoms with Gasteiger partial charge < -0.3 is 15.3 Å². The lowest BCUT2D eigenvalue weighted by Crippen LogP contribution is -2.40. The Labute approximate surface area is 155 Å². The van der Waals surface area contributed by atoms with E-state index < -0.39 is 0 Å². The van der Waals surface area contributed by atoms with Gasteiger partial charge in [0, 0.05) is 25.6 Å². The summed E-state index contributed by atoms with van der Waals surface area (Å²) in [6, 6.07) is 7.49. The van der Waals surface area contributed by atoms with Crippen molar-refractivity contribution >= 4 is 11.8 Å². The van der Waals surface area contributed by atoms with Crippen molar-refractivity contribution in [2.75, 3.05) is 13.1 Å². The predicted octanol–water partition coefficient (Wildman–Crippen LogP) is 2.87. The molecule has 1 saturated heterocycles. The number of nitrogens with one attached hydrogen (secondary N) is 1. The van der Waals surface area contributed by atoms with E-state index in [-0.39, 0.29) is 23.5 Å². The van der Waals surface area contributed by atoms with Crippen LogP contribution in [0.3, 0.4) is 0 Å². The molecule has 1 saturated carbocycles. The first-order valence-corrected chi connectivity index (χ1v) is 9.88. The van der Waals surface area contributed by atoms with E-state index >= 15 is 0 Å². The molecular formula is C21H30N2O3. The van der Waals surface area contributed by atoms with Crippen molar-refractivity contribution in [1.82, 2.24) is 10.2 Å². The number of amides is 2. The molecule has 5 nitrogen and oxygen atoms in total. The van der Waals surface area contributed by atoms with Crippen molar-refractivity contribution in [1.29, 1.82) is 0 Å². The second-order valence-electron chi connectivity index (χ2n) is 7.92. The van der Waals surface area contributed by atoms with Crippen molar-refractivity contribution in [3.63, 3.8) is 0 Å². The third-order valence-corrected chi connectivity index (χ3v) is 5.83. The fraction of sp³-hybridized carbons (Fsp3) is 0.619. The van der Waals surface area contributed by atoms with Gasteiger partial charge in [0.05, 0.1) is 5.92 Å². The Morgan fingerprint density at radius 3 is 2.58 bits per heavy atom. The molecule has 0 spiro atoms. The van der Waals surface area contributed by atoms with Crippen LogP contribution in [0.4, 0.5) is 0 Å². The third kappa shape index (κ3) is 4.77. The van der Waals surface area contributed by atoms with Crippen LogP contribution in [0.1, 0.15) is 51.0 Å². The van der Waals surface area contributed by atoms with Crippen LogP contribution in [0.25, 0.3) is 0 Å². The Hall–Kier alpha value is -2.04. The lowest BCUT2D eigenvalue weighted by Gasteiger charge is -2.33. The Kier molecular flexibility index (Phi) is 6.17. The number of carbonyl (C=O) groups is 2.